The molecule has 7 nitrogen and oxygen atoms in total. The summed E-state index contributed by atoms with van der Waals surface area (Å²) in [5, 5.41) is -0.969. The SMILES string of the molecule is O=C1NC(=O)C(C[C@@H]2Cc3ccccc3C(S(=O)(=O)C(=O)OCc3ccccc3)C2)S1. The smallest absolute Gasteiger partial charge is 0.425 e. The molecule has 1 heterocycles. The monoisotopic (exact) mass is 459 g/mol. The maximum absolute atomic E-state index is 13.2. The summed E-state index contributed by atoms with van der Waals surface area (Å²) in [6.45, 7) is -0.127. The van der Waals surface area contributed by atoms with Gasteiger partial charge in [0.25, 0.3) is 15.1 Å². The summed E-state index contributed by atoms with van der Waals surface area (Å²) in [4.78, 5) is 36.0. The van der Waals surface area contributed by atoms with Gasteiger partial charge in [-0.3, -0.25) is 14.9 Å². The highest BCUT2D eigenvalue weighted by atomic mass is 32.2. The van der Waals surface area contributed by atoms with Crippen LogP contribution in [0.15, 0.2) is 54.6 Å². The second-order valence-corrected chi connectivity index (χ2v) is 10.8. The van der Waals surface area contributed by atoms with E-state index in [1.807, 2.05) is 18.2 Å². The predicted molar refractivity (Wildman–Crippen MR) is 116 cm³/mol. The molecule has 2 aromatic carbocycles. The van der Waals surface area contributed by atoms with Crippen molar-refractivity contribution >= 4 is 38.0 Å². The van der Waals surface area contributed by atoms with E-state index >= 15 is 0 Å². The van der Waals surface area contributed by atoms with E-state index in [9.17, 15) is 22.8 Å². The number of benzene rings is 2. The zero-order chi connectivity index (χ0) is 22.0. The van der Waals surface area contributed by atoms with Crippen molar-refractivity contribution < 1.29 is 27.5 Å². The molecule has 2 aromatic rings. The molecule has 2 aliphatic rings. The molecule has 1 saturated heterocycles. The van der Waals surface area contributed by atoms with Crippen LogP contribution < -0.4 is 5.32 Å². The molecule has 9 heteroatoms. The van der Waals surface area contributed by atoms with Crippen molar-refractivity contribution in [3.05, 3.63) is 71.3 Å². The lowest BCUT2D eigenvalue weighted by Gasteiger charge is -2.31. The number of rotatable bonds is 5. The Labute approximate surface area is 184 Å². The first kappa shape index (κ1) is 21.6. The fraction of sp³-hybridized carbons (Fsp3) is 0.318. The number of amides is 2. The lowest BCUT2D eigenvalue weighted by Crippen LogP contribution is -2.32. The summed E-state index contributed by atoms with van der Waals surface area (Å²) >= 11 is 0.929. The molecule has 0 radical (unpaired) electrons. The van der Waals surface area contributed by atoms with Crippen LogP contribution in [0.3, 0.4) is 0 Å². The van der Waals surface area contributed by atoms with E-state index in [-0.39, 0.29) is 30.1 Å². The second kappa shape index (κ2) is 8.84. The van der Waals surface area contributed by atoms with Crippen LogP contribution in [-0.2, 0) is 32.4 Å². The van der Waals surface area contributed by atoms with Gasteiger partial charge in [-0.05, 0) is 41.9 Å². The molecule has 0 spiro atoms. The number of carbonyl (C=O) groups excluding carboxylic acids is 3. The molecular formula is C22H21NO6S2. The zero-order valence-corrected chi connectivity index (χ0v) is 18.2. The Kier molecular flexibility index (Phi) is 6.15. The maximum Gasteiger partial charge on any atom is 0.425 e. The van der Waals surface area contributed by atoms with Crippen LogP contribution in [0.4, 0.5) is 9.59 Å². The van der Waals surface area contributed by atoms with Gasteiger partial charge in [-0.1, -0.05) is 66.4 Å². The van der Waals surface area contributed by atoms with Crippen molar-refractivity contribution in [2.75, 3.05) is 0 Å². The average Bonchev–Trinajstić information content (AvgIpc) is 3.08. The van der Waals surface area contributed by atoms with Crippen molar-refractivity contribution in [2.24, 2.45) is 5.92 Å². The average molecular weight is 460 g/mol. The number of hydrogen-bond donors (Lipinski definition) is 1. The summed E-state index contributed by atoms with van der Waals surface area (Å²) in [5.74, 6) is -0.513. The molecule has 4 rings (SSSR count). The normalized spacial score (nSPS) is 23.2. The molecule has 31 heavy (non-hydrogen) atoms. The van der Waals surface area contributed by atoms with E-state index < -0.39 is 25.6 Å². The van der Waals surface area contributed by atoms with E-state index in [1.165, 1.54) is 0 Å². The van der Waals surface area contributed by atoms with Gasteiger partial charge >= 0.3 is 5.30 Å². The van der Waals surface area contributed by atoms with Crippen LogP contribution in [-0.4, -0.2) is 30.1 Å². The zero-order valence-electron chi connectivity index (χ0n) is 16.5. The first-order valence-electron chi connectivity index (χ1n) is 9.88. The van der Waals surface area contributed by atoms with Crippen LogP contribution in [0, 0.1) is 5.92 Å². The van der Waals surface area contributed by atoms with E-state index in [2.05, 4.69) is 5.32 Å². The summed E-state index contributed by atoms with van der Waals surface area (Å²) in [6.07, 6.45) is 1.14. The Balaban J connectivity index is 1.54. The largest absolute Gasteiger partial charge is 0.449 e. The number of nitrogens with one attached hydrogen (secondary N) is 1. The van der Waals surface area contributed by atoms with Gasteiger partial charge in [-0.25, -0.2) is 13.2 Å². The summed E-state index contributed by atoms with van der Waals surface area (Å²) in [7, 11) is -4.27. The van der Waals surface area contributed by atoms with E-state index in [1.54, 1.807) is 36.4 Å². The van der Waals surface area contributed by atoms with Gasteiger partial charge in [0.15, 0.2) is 0 Å². The minimum absolute atomic E-state index is 0.127. The highest BCUT2D eigenvalue weighted by Gasteiger charge is 2.43. The number of ether oxygens (including phenoxy) is 1. The van der Waals surface area contributed by atoms with Gasteiger partial charge in [0.2, 0.25) is 5.91 Å². The molecule has 3 atom stereocenters. The minimum atomic E-state index is -4.27. The minimum Gasteiger partial charge on any atom is -0.449 e. The summed E-state index contributed by atoms with van der Waals surface area (Å²) in [6, 6.07) is 16.0. The Morgan fingerprint density at radius 1 is 1.06 bits per heavy atom. The predicted octanol–water partition coefficient (Wildman–Crippen LogP) is 3.78. The molecule has 0 saturated carbocycles. The number of sulfone groups is 1. The van der Waals surface area contributed by atoms with Crippen LogP contribution in [0.5, 0.6) is 0 Å². The number of imide groups is 1. The number of carbonyl (C=O) groups is 3. The lowest BCUT2D eigenvalue weighted by atomic mass is 9.81. The van der Waals surface area contributed by atoms with Crippen LogP contribution in [0.1, 0.15) is 34.8 Å². The quantitative estimate of drug-likeness (QED) is 0.678. The molecule has 162 valence electrons. The third kappa shape index (κ3) is 4.67. The standard InChI is InChI=1S/C22H21NO6S2/c24-20-18(30-21(25)23-20)11-15-10-16-8-4-5-9-17(16)19(12-15)31(27,28)22(26)29-13-14-6-2-1-3-7-14/h1-9,15,18-19H,10-13H2,(H,23,24,25)/t15-,18?,19?/m0/s1. The molecule has 1 fully saturated rings. The Hall–Kier alpha value is -2.65. The number of hydrogen-bond acceptors (Lipinski definition) is 7. The summed E-state index contributed by atoms with van der Waals surface area (Å²) < 4.78 is 31.4. The topological polar surface area (TPSA) is 107 Å². The first-order valence-corrected chi connectivity index (χ1v) is 12.3. The third-order valence-corrected chi connectivity index (χ3v) is 8.36. The molecule has 1 N–H and O–H groups in total. The van der Waals surface area contributed by atoms with Gasteiger partial charge in [-0.15, -0.1) is 0 Å². The van der Waals surface area contributed by atoms with E-state index in [0.717, 1.165) is 17.3 Å². The highest BCUT2D eigenvalue weighted by Crippen LogP contribution is 2.42. The van der Waals surface area contributed by atoms with Crippen LogP contribution in [0.2, 0.25) is 0 Å². The molecule has 2 amide bonds. The van der Waals surface area contributed by atoms with Crippen molar-refractivity contribution in [3.63, 3.8) is 0 Å². The van der Waals surface area contributed by atoms with Gasteiger partial charge < -0.3 is 4.74 Å². The maximum atomic E-state index is 13.2. The molecule has 1 aliphatic carbocycles. The molecule has 2 unspecified atom stereocenters. The number of fused-ring (bicyclic) bond motifs is 1. The molecule has 0 aromatic heterocycles. The Morgan fingerprint density at radius 3 is 2.48 bits per heavy atom. The lowest BCUT2D eigenvalue weighted by molar-refractivity contribution is -0.119. The molecule has 1 aliphatic heterocycles. The first-order chi connectivity index (χ1) is 14.8. The Bertz CT molecular complexity index is 1120. The Morgan fingerprint density at radius 2 is 1.77 bits per heavy atom. The van der Waals surface area contributed by atoms with Crippen molar-refractivity contribution in [1.82, 2.24) is 5.32 Å². The van der Waals surface area contributed by atoms with Gasteiger partial charge in [-0.2, -0.15) is 0 Å². The van der Waals surface area contributed by atoms with Crippen LogP contribution in [0.25, 0.3) is 0 Å². The van der Waals surface area contributed by atoms with Gasteiger partial charge in [0, 0.05) is 0 Å². The van der Waals surface area contributed by atoms with Crippen molar-refractivity contribution in [2.45, 2.75) is 36.4 Å². The van der Waals surface area contributed by atoms with E-state index in [0.29, 0.717) is 24.0 Å². The highest BCUT2D eigenvalue weighted by molar-refractivity contribution is 8.15. The van der Waals surface area contributed by atoms with E-state index in [4.69, 9.17) is 4.74 Å². The molecule has 0 bridgehead atoms. The third-order valence-electron chi connectivity index (χ3n) is 5.58. The summed E-state index contributed by atoms with van der Waals surface area (Å²) in [5.41, 5.74) is 2.12. The van der Waals surface area contributed by atoms with Crippen molar-refractivity contribution in [1.29, 1.82) is 0 Å². The fourth-order valence-electron chi connectivity index (χ4n) is 4.10. The molecular weight excluding hydrogens is 438 g/mol. The van der Waals surface area contributed by atoms with Crippen molar-refractivity contribution in [3.8, 4) is 0 Å². The van der Waals surface area contributed by atoms with Gasteiger partial charge in [0.1, 0.15) is 6.61 Å². The number of thioether (sulfide) groups is 1. The second-order valence-electron chi connectivity index (χ2n) is 7.68. The van der Waals surface area contributed by atoms with Crippen LogP contribution >= 0.6 is 11.8 Å². The van der Waals surface area contributed by atoms with Gasteiger partial charge in [0.05, 0.1) is 10.5 Å². The fourth-order valence-corrected chi connectivity index (χ4v) is 6.60.